The summed E-state index contributed by atoms with van der Waals surface area (Å²) in [5.74, 6) is 1.28. The highest BCUT2D eigenvalue weighted by Gasteiger charge is 2.71. The minimum Gasteiger partial charge on any atom is -0.489 e. The molecule has 3 fully saturated rings. The molecule has 58 heavy (non-hydrogen) atoms. The minimum atomic E-state index is -5.92. The maximum absolute atomic E-state index is 13.1. The van der Waals surface area contributed by atoms with Crippen molar-refractivity contribution < 1.29 is 55.4 Å². The first-order valence-corrected chi connectivity index (χ1v) is 20.1. The number of non-ortho nitro benzene ring substituents is 1. The van der Waals surface area contributed by atoms with Gasteiger partial charge in [0.15, 0.2) is 0 Å². The molecule has 0 bridgehead atoms. The number of hydrogen-bond donors (Lipinski definition) is 4. The monoisotopic (exact) mass is 953 g/mol. The van der Waals surface area contributed by atoms with Crippen molar-refractivity contribution >= 4 is 49.3 Å². The predicted molar refractivity (Wildman–Crippen MR) is 209 cm³/mol. The summed E-state index contributed by atoms with van der Waals surface area (Å²) in [6.45, 7) is 4.68. The van der Waals surface area contributed by atoms with Crippen LogP contribution in [0.5, 0.6) is 11.5 Å². The number of piperidine rings is 2. The van der Waals surface area contributed by atoms with E-state index in [1.807, 2.05) is 4.90 Å². The fourth-order valence-electron chi connectivity index (χ4n) is 6.62. The number of nitro groups is 1. The zero-order chi connectivity index (χ0) is 42.1. The first-order valence-electron chi connectivity index (χ1n) is 18.5. The van der Waals surface area contributed by atoms with Crippen LogP contribution in [0, 0.1) is 10.1 Å². The molecule has 0 atom stereocenters. The van der Waals surface area contributed by atoms with E-state index >= 15 is 0 Å². The average Bonchev–Trinajstić information content (AvgIpc) is 3.17. The number of benzene rings is 3. The van der Waals surface area contributed by atoms with E-state index in [0.29, 0.717) is 89.5 Å². The Morgan fingerprint density at radius 3 is 1.93 bits per heavy atom. The quantitative estimate of drug-likeness (QED) is 0.0892. The number of amides is 2. The molecule has 3 aliphatic rings. The van der Waals surface area contributed by atoms with Crippen LogP contribution in [0.25, 0.3) is 0 Å². The lowest BCUT2D eigenvalue weighted by molar-refractivity contribution is -0.385. The van der Waals surface area contributed by atoms with Crippen molar-refractivity contribution in [2.75, 3.05) is 44.7 Å². The number of anilines is 1. The number of nitrogens with one attached hydrogen (secondary N) is 3. The SMILES string of the molecule is O=C(Nc1ccc(OC2CCN(Cc3ccc(C(O)(C(F)(F)F)C(F)(F)F)cc3)CC2)c(Br)c1)NC1CCOCC1.O=[N+]([O-])c1ccc(OC2CCNCC2)c(Br)c1. The lowest BCUT2D eigenvalue weighted by atomic mass is 9.91. The van der Waals surface area contributed by atoms with Crippen molar-refractivity contribution in [2.24, 2.45) is 0 Å². The van der Waals surface area contributed by atoms with Crippen LogP contribution in [-0.2, 0) is 16.9 Å². The van der Waals surface area contributed by atoms with Gasteiger partial charge in [-0.15, -0.1) is 0 Å². The zero-order valence-corrected chi connectivity index (χ0v) is 34.2. The van der Waals surface area contributed by atoms with Crippen LogP contribution in [0.2, 0.25) is 0 Å². The van der Waals surface area contributed by atoms with Gasteiger partial charge in [0, 0.05) is 62.3 Å². The number of nitrogens with zero attached hydrogens (tertiary/aromatic N) is 2. The maximum atomic E-state index is 13.1. The molecule has 6 rings (SSSR count). The number of aliphatic hydroxyl groups is 1. The molecule has 0 aliphatic carbocycles. The summed E-state index contributed by atoms with van der Waals surface area (Å²) in [5.41, 5.74) is -5.03. The van der Waals surface area contributed by atoms with E-state index in [0.717, 1.165) is 50.9 Å². The largest absolute Gasteiger partial charge is 0.489 e. The molecule has 3 heterocycles. The van der Waals surface area contributed by atoms with Gasteiger partial charge in [-0.25, -0.2) is 4.79 Å². The Labute approximate surface area is 347 Å². The molecule has 4 N–H and O–H groups in total. The number of ether oxygens (including phenoxy) is 3. The molecule has 0 radical (unpaired) electrons. The second-order valence-electron chi connectivity index (χ2n) is 14.1. The fraction of sp³-hybridized carbons (Fsp3) is 0.500. The van der Waals surface area contributed by atoms with Crippen LogP contribution < -0.4 is 25.4 Å². The van der Waals surface area contributed by atoms with E-state index in [4.69, 9.17) is 14.2 Å². The number of hydrogen-bond acceptors (Lipinski definition) is 9. The average molecular weight is 956 g/mol. The second kappa shape index (κ2) is 20.0. The summed E-state index contributed by atoms with van der Waals surface area (Å²) in [4.78, 5) is 24.5. The summed E-state index contributed by atoms with van der Waals surface area (Å²) in [5, 5.41) is 29.1. The molecule has 318 valence electrons. The molecule has 0 aromatic heterocycles. The Morgan fingerprint density at radius 1 is 0.845 bits per heavy atom. The third-order valence-corrected chi connectivity index (χ3v) is 11.1. The highest BCUT2D eigenvalue weighted by Crippen LogP contribution is 2.50. The number of urea groups is 1. The number of alkyl halides is 6. The Bertz CT molecular complexity index is 1820. The smallest absolute Gasteiger partial charge is 0.430 e. The molecule has 3 saturated heterocycles. The highest BCUT2D eigenvalue weighted by atomic mass is 79.9. The lowest BCUT2D eigenvalue weighted by Gasteiger charge is -2.33. The van der Waals surface area contributed by atoms with Crippen molar-refractivity contribution in [3.63, 3.8) is 0 Å². The molecule has 3 aromatic carbocycles. The maximum Gasteiger partial charge on any atom is 0.430 e. The number of rotatable bonds is 10. The van der Waals surface area contributed by atoms with E-state index in [1.54, 1.807) is 24.3 Å². The predicted octanol–water partition coefficient (Wildman–Crippen LogP) is 8.59. The first kappa shape index (κ1) is 45.4. The van der Waals surface area contributed by atoms with Crippen LogP contribution in [0.4, 0.5) is 42.5 Å². The van der Waals surface area contributed by atoms with E-state index in [-0.39, 0.29) is 30.0 Å². The van der Waals surface area contributed by atoms with Gasteiger partial charge in [-0.1, -0.05) is 24.3 Å². The second-order valence-corrected chi connectivity index (χ2v) is 15.8. The van der Waals surface area contributed by atoms with Gasteiger partial charge in [0.2, 0.25) is 0 Å². The Morgan fingerprint density at radius 2 is 1.40 bits per heavy atom. The Hall–Kier alpha value is -3.69. The zero-order valence-electron chi connectivity index (χ0n) is 31.0. The number of nitro benzene ring substituents is 1. The van der Waals surface area contributed by atoms with E-state index in [1.165, 1.54) is 12.1 Å². The van der Waals surface area contributed by atoms with Gasteiger partial charge in [-0.2, -0.15) is 26.3 Å². The molecule has 2 amide bonds. The van der Waals surface area contributed by atoms with Gasteiger partial charge in [-0.3, -0.25) is 15.0 Å². The number of halogens is 8. The third-order valence-electron chi connectivity index (χ3n) is 9.88. The normalized spacial score (nSPS) is 17.8. The molecule has 20 heteroatoms. The van der Waals surface area contributed by atoms with Gasteiger partial charge in [0.05, 0.1) is 13.9 Å². The molecule has 0 spiro atoms. The molecular formula is C38H43Br2F6N5O7. The van der Waals surface area contributed by atoms with Crippen LogP contribution in [-0.4, -0.2) is 91.0 Å². The third kappa shape index (κ3) is 12.2. The number of carbonyl (C=O) groups excluding carboxylic acids is 1. The summed E-state index contributed by atoms with van der Waals surface area (Å²) >= 11 is 6.78. The highest BCUT2D eigenvalue weighted by molar-refractivity contribution is 9.11. The summed E-state index contributed by atoms with van der Waals surface area (Å²) in [6.07, 6.45) is -6.98. The molecule has 0 saturated carbocycles. The molecule has 0 unspecified atom stereocenters. The van der Waals surface area contributed by atoms with E-state index in [2.05, 4.69) is 47.8 Å². The Kier molecular flexibility index (Phi) is 15.7. The van der Waals surface area contributed by atoms with Crippen molar-refractivity contribution in [1.29, 1.82) is 0 Å². The van der Waals surface area contributed by atoms with Crippen LogP contribution >= 0.6 is 31.9 Å². The van der Waals surface area contributed by atoms with Crippen LogP contribution in [0.3, 0.4) is 0 Å². The van der Waals surface area contributed by atoms with Gasteiger partial charge in [0.25, 0.3) is 11.3 Å². The minimum absolute atomic E-state index is 0.0644. The van der Waals surface area contributed by atoms with Crippen molar-refractivity contribution in [1.82, 2.24) is 15.5 Å². The van der Waals surface area contributed by atoms with Crippen LogP contribution in [0.15, 0.2) is 69.6 Å². The van der Waals surface area contributed by atoms with Crippen molar-refractivity contribution in [3.8, 4) is 11.5 Å². The topological polar surface area (TPSA) is 147 Å². The van der Waals surface area contributed by atoms with Crippen LogP contribution in [0.1, 0.15) is 49.7 Å². The summed E-state index contributed by atoms with van der Waals surface area (Å²) in [7, 11) is 0. The lowest BCUT2D eigenvalue weighted by Crippen LogP contribution is -2.53. The Balaban J connectivity index is 0.000000313. The van der Waals surface area contributed by atoms with Gasteiger partial charge >= 0.3 is 18.4 Å². The number of carbonyl (C=O) groups is 1. The molecule has 12 nitrogen and oxygen atoms in total. The van der Waals surface area contributed by atoms with Gasteiger partial charge in [-0.05, 0) is 113 Å². The fourth-order valence-corrected chi connectivity index (χ4v) is 7.56. The van der Waals surface area contributed by atoms with Crippen molar-refractivity contribution in [2.45, 2.75) is 81.3 Å². The van der Waals surface area contributed by atoms with E-state index < -0.39 is 28.4 Å². The molecule has 3 aliphatic heterocycles. The summed E-state index contributed by atoms with van der Waals surface area (Å²) < 4.78 is 97.2. The molecule has 3 aromatic rings. The van der Waals surface area contributed by atoms with E-state index in [9.17, 15) is 46.4 Å². The number of likely N-dealkylation sites (tertiary alicyclic amines) is 1. The van der Waals surface area contributed by atoms with Gasteiger partial charge in [0.1, 0.15) is 23.7 Å². The summed E-state index contributed by atoms with van der Waals surface area (Å²) in [6, 6.07) is 13.2. The standard InChI is InChI=1S/C27H30BrF6N3O4.C11H13BrN2O3/c28-22-15-20(36-24(38)35-19-9-13-40-14-10-19)5-6-23(22)41-21-7-11-37(12-8-21)16-17-1-3-18(4-2-17)25(39,26(29,30)31)27(32,33)34;12-10-7-8(14(15)16)1-2-11(10)17-9-3-5-13-6-4-9/h1-6,15,19,21,39H,7-14,16H2,(H2,35,36,38);1-2,7,9,13H,3-6H2. The molecular weight excluding hydrogens is 912 g/mol. The first-order chi connectivity index (χ1) is 27.4. The van der Waals surface area contributed by atoms with Gasteiger partial charge < -0.3 is 35.3 Å². The van der Waals surface area contributed by atoms with Crippen molar-refractivity contribution in [3.05, 3.63) is 90.9 Å².